The zero-order chi connectivity index (χ0) is 12.1. The van der Waals surface area contributed by atoms with E-state index in [1.165, 1.54) is 6.92 Å². The number of carboxylic acid groups (broad SMARTS) is 1. The second kappa shape index (κ2) is 5.21. The van der Waals surface area contributed by atoms with Gasteiger partial charge in [-0.05, 0) is 26.8 Å². The van der Waals surface area contributed by atoms with E-state index in [0.717, 1.165) is 11.3 Å². The van der Waals surface area contributed by atoms with Crippen LogP contribution in [0.3, 0.4) is 0 Å². The summed E-state index contributed by atoms with van der Waals surface area (Å²) in [6, 6.07) is 3.70. The number of carbonyl (C=O) groups is 1. The lowest BCUT2D eigenvalue weighted by atomic mass is 10.2. The van der Waals surface area contributed by atoms with Gasteiger partial charge in [0.25, 0.3) is 0 Å². The van der Waals surface area contributed by atoms with Gasteiger partial charge in [0.2, 0.25) is 0 Å². The molecule has 1 rings (SSSR count). The summed E-state index contributed by atoms with van der Waals surface area (Å²) in [6.45, 7) is 5.05. The fourth-order valence-electron chi connectivity index (χ4n) is 1.13. The molecule has 1 N–H and O–H groups in total. The van der Waals surface area contributed by atoms with E-state index in [1.54, 1.807) is 19.3 Å². The number of carboxylic acids is 1. The van der Waals surface area contributed by atoms with Crippen molar-refractivity contribution in [3.63, 3.8) is 0 Å². The van der Waals surface area contributed by atoms with Gasteiger partial charge in [0.05, 0.1) is 5.57 Å². The second-order valence-electron chi connectivity index (χ2n) is 3.45. The topological polar surface area (TPSA) is 62.5 Å². The molecule has 4 nitrogen and oxygen atoms in total. The maximum absolute atomic E-state index is 10.7. The van der Waals surface area contributed by atoms with Crippen molar-refractivity contribution >= 4 is 11.7 Å². The molecule has 84 valence electrons. The Labute approximate surface area is 94.4 Å². The SMILES string of the molecule is CC(=N/C(C)=C(\C)C(=O)O)c1cccnc1. The van der Waals surface area contributed by atoms with Gasteiger partial charge in [-0.15, -0.1) is 0 Å². The van der Waals surface area contributed by atoms with Gasteiger partial charge >= 0.3 is 5.97 Å². The summed E-state index contributed by atoms with van der Waals surface area (Å²) in [5.74, 6) is -0.944. The van der Waals surface area contributed by atoms with Crippen LogP contribution in [-0.4, -0.2) is 21.8 Å². The van der Waals surface area contributed by atoms with Gasteiger partial charge in [0.1, 0.15) is 0 Å². The van der Waals surface area contributed by atoms with Crippen LogP contribution >= 0.6 is 0 Å². The molecule has 0 unspecified atom stereocenters. The first-order valence-corrected chi connectivity index (χ1v) is 4.89. The average molecular weight is 218 g/mol. The van der Waals surface area contributed by atoms with Crippen molar-refractivity contribution in [2.75, 3.05) is 0 Å². The number of allylic oxidation sites excluding steroid dienone is 1. The monoisotopic (exact) mass is 218 g/mol. The molecule has 0 aliphatic rings. The molecule has 16 heavy (non-hydrogen) atoms. The second-order valence-corrected chi connectivity index (χ2v) is 3.45. The standard InChI is InChI=1S/C12H14N2O2/c1-8(12(15)16)9(2)14-10(3)11-5-4-6-13-7-11/h4-7H,1-3H3,(H,15,16)/b9-8+,14-10?. The van der Waals surface area contributed by atoms with Crippen LogP contribution < -0.4 is 0 Å². The summed E-state index contributed by atoms with van der Waals surface area (Å²) in [6.07, 6.45) is 3.38. The quantitative estimate of drug-likeness (QED) is 0.625. The van der Waals surface area contributed by atoms with Crippen LogP contribution in [0, 0.1) is 0 Å². The largest absolute Gasteiger partial charge is 0.478 e. The number of hydrogen-bond donors (Lipinski definition) is 1. The highest BCUT2D eigenvalue weighted by Crippen LogP contribution is 2.08. The van der Waals surface area contributed by atoms with E-state index in [9.17, 15) is 4.79 Å². The number of nitrogens with zero attached hydrogens (tertiary/aromatic N) is 2. The molecule has 1 aromatic rings. The van der Waals surface area contributed by atoms with Gasteiger partial charge in [0, 0.05) is 29.4 Å². The molecule has 0 bridgehead atoms. The Balaban J connectivity index is 3.03. The lowest BCUT2D eigenvalue weighted by Gasteiger charge is -2.02. The fraction of sp³-hybridized carbons (Fsp3) is 0.250. The highest BCUT2D eigenvalue weighted by atomic mass is 16.4. The third-order valence-corrected chi connectivity index (χ3v) is 2.28. The van der Waals surface area contributed by atoms with Crippen LogP contribution in [0.5, 0.6) is 0 Å². The van der Waals surface area contributed by atoms with Crippen LogP contribution in [0.25, 0.3) is 0 Å². The summed E-state index contributed by atoms with van der Waals surface area (Å²) in [5.41, 5.74) is 2.41. The van der Waals surface area contributed by atoms with Crippen molar-refractivity contribution in [2.45, 2.75) is 20.8 Å². The Kier molecular flexibility index (Phi) is 3.94. The molecule has 0 aliphatic heterocycles. The minimum Gasteiger partial charge on any atom is -0.478 e. The zero-order valence-electron chi connectivity index (χ0n) is 9.56. The fourth-order valence-corrected chi connectivity index (χ4v) is 1.13. The first-order valence-electron chi connectivity index (χ1n) is 4.89. The zero-order valence-corrected chi connectivity index (χ0v) is 9.56. The number of aliphatic imine (C=N–C) groups is 1. The van der Waals surface area contributed by atoms with Crippen LogP contribution in [0.2, 0.25) is 0 Å². The van der Waals surface area contributed by atoms with Crippen LogP contribution in [0.1, 0.15) is 26.3 Å². The molecule has 0 saturated carbocycles. The summed E-state index contributed by atoms with van der Waals surface area (Å²) in [4.78, 5) is 18.9. The first-order chi connectivity index (χ1) is 7.52. The van der Waals surface area contributed by atoms with Gasteiger partial charge < -0.3 is 5.11 Å². The van der Waals surface area contributed by atoms with Crippen molar-refractivity contribution in [2.24, 2.45) is 4.99 Å². The van der Waals surface area contributed by atoms with Gasteiger partial charge in [-0.25, -0.2) is 4.79 Å². The molecule has 0 fully saturated rings. The average Bonchev–Trinajstić information content (AvgIpc) is 2.28. The molecule has 0 radical (unpaired) electrons. The van der Waals surface area contributed by atoms with Gasteiger partial charge in [0.15, 0.2) is 0 Å². The third kappa shape index (κ3) is 3.02. The highest BCUT2D eigenvalue weighted by Gasteiger charge is 2.05. The third-order valence-electron chi connectivity index (χ3n) is 2.28. The van der Waals surface area contributed by atoms with Crippen molar-refractivity contribution < 1.29 is 9.90 Å². The molecule has 4 heteroatoms. The minimum absolute atomic E-state index is 0.253. The van der Waals surface area contributed by atoms with Gasteiger partial charge in [-0.2, -0.15) is 0 Å². The number of aliphatic carboxylic acids is 1. The van der Waals surface area contributed by atoms with E-state index < -0.39 is 5.97 Å². The van der Waals surface area contributed by atoms with Gasteiger partial charge in [-0.1, -0.05) is 6.07 Å². The number of pyridine rings is 1. The predicted molar refractivity (Wildman–Crippen MR) is 62.5 cm³/mol. The number of aromatic nitrogens is 1. The summed E-state index contributed by atoms with van der Waals surface area (Å²) in [7, 11) is 0. The van der Waals surface area contributed by atoms with Crippen LogP contribution in [-0.2, 0) is 4.79 Å². The molecule has 1 heterocycles. The molecule has 0 aliphatic carbocycles. The molecule has 0 saturated heterocycles. The van der Waals surface area contributed by atoms with E-state index >= 15 is 0 Å². The highest BCUT2D eigenvalue weighted by molar-refractivity contribution is 5.99. The molecule has 1 aromatic heterocycles. The maximum Gasteiger partial charge on any atom is 0.333 e. The minimum atomic E-state index is -0.944. The van der Waals surface area contributed by atoms with E-state index in [4.69, 9.17) is 5.11 Å². The Morgan fingerprint density at radius 2 is 2.06 bits per heavy atom. The maximum atomic E-state index is 10.7. The molecular formula is C12H14N2O2. The Bertz CT molecular complexity index is 447. The number of hydrogen-bond acceptors (Lipinski definition) is 3. The van der Waals surface area contributed by atoms with Crippen LogP contribution in [0.4, 0.5) is 0 Å². The molecule has 0 atom stereocenters. The molecule has 0 amide bonds. The lowest BCUT2D eigenvalue weighted by Crippen LogP contribution is -2.01. The summed E-state index contributed by atoms with van der Waals surface area (Å²) >= 11 is 0. The number of rotatable bonds is 3. The van der Waals surface area contributed by atoms with Crippen molar-refractivity contribution in [1.29, 1.82) is 0 Å². The smallest absolute Gasteiger partial charge is 0.333 e. The van der Waals surface area contributed by atoms with Gasteiger partial charge in [-0.3, -0.25) is 9.98 Å². The Hall–Kier alpha value is -1.97. The normalized spacial score (nSPS) is 13.3. The van der Waals surface area contributed by atoms with E-state index in [-0.39, 0.29) is 5.57 Å². The summed E-state index contributed by atoms with van der Waals surface area (Å²) in [5, 5.41) is 8.80. The lowest BCUT2D eigenvalue weighted by molar-refractivity contribution is -0.132. The Morgan fingerprint density at radius 1 is 1.38 bits per heavy atom. The van der Waals surface area contributed by atoms with Crippen molar-refractivity contribution in [1.82, 2.24) is 4.98 Å². The molecular weight excluding hydrogens is 204 g/mol. The van der Waals surface area contributed by atoms with E-state index in [0.29, 0.717) is 5.70 Å². The first kappa shape index (κ1) is 12.1. The predicted octanol–water partition coefficient (Wildman–Crippen LogP) is 2.27. The molecule has 0 spiro atoms. The van der Waals surface area contributed by atoms with Crippen molar-refractivity contribution in [3.8, 4) is 0 Å². The summed E-state index contributed by atoms with van der Waals surface area (Å²) < 4.78 is 0. The van der Waals surface area contributed by atoms with E-state index in [1.807, 2.05) is 19.1 Å². The molecule has 0 aromatic carbocycles. The Morgan fingerprint density at radius 3 is 2.56 bits per heavy atom. The van der Waals surface area contributed by atoms with Crippen molar-refractivity contribution in [3.05, 3.63) is 41.4 Å². The van der Waals surface area contributed by atoms with E-state index in [2.05, 4.69) is 9.98 Å². The van der Waals surface area contributed by atoms with Crippen LogP contribution in [0.15, 0.2) is 40.8 Å².